The molecule has 0 N–H and O–H groups in total. The molecule has 1 unspecified atom stereocenters. The normalized spacial score (nSPS) is 12.9. The number of hydrogen-bond donors (Lipinski definition) is 0. The third-order valence-electron chi connectivity index (χ3n) is 3.15. The van der Waals surface area contributed by atoms with E-state index in [4.69, 9.17) is 4.74 Å². The van der Waals surface area contributed by atoms with Crippen molar-refractivity contribution in [1.29, 1.82) is 0 Å². The van der Waals surface area contributed by atoms with Crippen LogP contribution < -0.4 is 4.74 Å². The van der Waals surface area contributed by atoms with Crippen LogP contribution in [0.3, 0.4) is 0 Å². The maximum absolute atomic E-state index is 5.43. The lowest BCUT2D eigenvalue weighted by molar-refractivity contribution is 0.419. The molecule has 0 aliphatic rings. The van der Waals surface area contributed by atoms with Gasteiger partial charge in [-0.3, -0.25) is 0 Å². The van der Waals surface area contributed by atoms with E-state index in [1.807, 2.05) is 0 Å². The van der Waals surface area contributed by atoms with Gasteiger partial charge in [-0.05, 0) is 29.4 Å². The summed E-state index contributed by atoms with van der Waals surface area (Å²) in [5.74, 6) is 1.62. The number of benzene rings is 2. The second kappa shape index (κ2) is 5.75. The van der Waals surface area contributed by atoms with Gasteiger partial charge in [0.15, 0.2) is 0 Å². The Morgan fingerprint density at radius 2 is 1.72 bits per heavy atom. The van der Waals surface area contributed by atoms with Gasteiger partial charge in [0.05, 0.1) is 7.11 Å². The van der Waals surface area contributed by atoms with Crippen LogP contribution >= 0.6 is 15.9 Å². The fraction of sp³-hybridized carbons (Fsp3) is 0.375. The zero-order valence-electron chi connectivity index (χ0n) is 11.1. The first kappa shape index (κ1) is 13.4. The molecule has 2 aromatic rings. The first-order valence-corrected chi connectivity index (χ1v) is 7.24. The van der Waals surface area contributed by atoms with Gasteiger partial charge in [-0.25, -0.2) is 0 Å². The van der Waals surface area contributed by atoms with Gasteiger partial charge >= 0.3 is 0 Å². The molecule has 0 saturated heterocycles. The topological polar surface area (TPSA) is 9.23 Å². The lowest BCUT2D eigenvalue weighted by atomic mass is 9.97. The van der Waals surface area contributed by atoms with Gasteiger partial charge in [0.2, 0.25) is 0 Å². The van der Waals surface area contributed by atoms with Gasteiger partial charge < -0.3 is 4.74 Å². The first-order chi connectivity index (χ1) is 8.63. The van der Waals surface area contributed by atoms with E-state index in [1.165, 1.54) is 16.3 Å². The molecule has 1 atom stereocenters. The molecule has 96 valence electrons. The minimum absolute atomic E-state index is 0.397. The Morgan fingerprint density at radius 3 is 2.33 bits per heavy atom. The fourth-order valence-corrected chi connectivity index (χ4v) is 3.43. The van der Waals surface area contributed by atoms with Crippen LogP contribution in [0.15, 0.2) is 36.4 Å². The number of rotatable bonds is 4. The highest BCUT2D eigenvalue weighted by Gasteiger charge is 2.14. The van der Waals surface area contributed by atoms with Crippen molar-refractivity contribution in [2.45, 2.75) is 25.1 Å². The van der Waals surface area contributed by atoms with E-state index in [1.54, 1.807) is 7.11 Å². The fourth-order valence-electron chi connectivity index (χ4n) is 2.29. The van der Waals surface area contributed by atoms with E-state index in [2.05, 4.69) is 66.2 Å². The van der Waals surface area contributed by atoms with Crippen LogP contribution in [0, 0.1) is 5.92 Å². The van der Waals surface area contributed by atoms with E-state index in [9.17, 15) is 0 Å². The van der Waals surface area contributed by atoms with E-state index >= 15 is 0 Å². The SMILES string of the molecule is COc1ccc(C(Br)CC(C)C)c2ccccc12. The molecule has 2 aromatic carbocycles. The van der Waals surface area contributed by atoms with Gasteiger partial charge in [-0.15, -0.1) is 0 Å². The summed E-state index contributed by atoms with van der Waals surface area (Å²) in [5, 5.41) is 2.46. The molecule has 0 aromatic heterocycles. The minimum atomic E-state index is 0.397. The highest BCUT2D eigenvalue weighted by atomic mass is 79.9. The maximum atomic E-state index is 5.43. The molecule has 0 spiro atoms. The number of hydrogen-bond acceptors (Lipinski definition) is 1. The van der Waals surface area contributed by atoms with Crippen molar-refractivity contribution in [3.05, 3.63) is 42.0 Å². The second-order valence-electron chi connectivity index (χ2n) is 5.00. The summed E-state index contributed by atoms with van der Waals surface area (Å²) >= 11 is 3.81. The van der Waals surface area contributed by atoms with Crippen LogP contribution in [-0.4, -0.2) is 7.11 Å². The summed E-state index contributed by atoms with van der Waals surface area (Å²) in [6.07, 6.45) is 1.14. The minimum Gasteiger partial charge on any atom is -0.496 e. The first-order valence-electron chi connectivity index (χ1n) is 6.33. The van der Waals surface area contributed by atoms with E-state index in [0.29, 0.717) is 10.7 Å². The standard InChI is InChI=1S/C16H19BrO/c1-11(2)10-15(17)13-8-9-16(18-3)14-7-5-4-6-12(13)14/h4-9,11,15H,10H2,1-3H3. The Bertz CT molecular complexity index is 534. The molecule has 18 heavy (non-hydrogen) atoms. The van der Waals surface area contributed by atoms with Crippen molar-refractivity contribution in [2.75, 3.05) is 7.11 Å². The summed E-state index contributed by atoms with van der Waals surface area (Å²) in [6, 6.07) is 12.7. The predicted octanol–water partition coefficient (Wildman–Crippen LogP) is 5.33. The Balaban J connectivity index is 2.52. The van der Waals surface area contributed by atoms with E-state index in [-0.39, 0.29) is 0 Å². The largest absolute Gasteiger partial charge is 0.496 e. The molecular weight excluding hydrogens is 288 g/mol. The lowest BCUT2D eigenvalue weighted by Crippen LogP contribution is -1.97. The van der Waals surface area contributed by atoms with Crippen molar-refractivity contribution < 1.29 is 4.74 Å². The van der Waals surface area contributed by atoms with Crippen molar-refractivity contribution in [2.24, 2.45) is 5.92 Å². The summed E-state index contributed by atoms with van der Waals surface area (Å²) < 4.78 is 5.43. The Labute approximate surface area is 117 Å². The molecule has 0 radical (unpaired) electrons. The molecule has 0 heterocycles. The second-order valence-corrected chi connectivity index (χ2v) is 6.11. The highest BCUT2D eigenvalue weighted by molar-refractivity contribution is 9.09. The van der Waals surface area contributed by atoms with Crippen molar-refractivity contribution in [3.63, 3.8) is 0 Å². The molecule has 0 saturated carbocycles. The van der Waals surface area contributed by atoms with Crippen LogP contribution in [0.1, 0.15) is 30.7 Å². The summed E-state index contributed by atoms with van der Waals surface area (Å²) in [4.78, 5) is 0.397. The Hall–Kier alpha value is -1.02. The number of fused-ring (bicyclic) bond motifs is 1. The number of methoxy groups -OCH3 is 1. The molecule has 0 aliphatic carbocycles. The van der Waals surface area contributed by atoms with E-state index in [0.717, 1.165) is 12.2 Å². The average Bonchev–Trinajstić information content (AvgIpc) is 2.36. The number of ether oxygens (including phenoxy) is 1. The van der Waals surface area contributed by atoms with Gasteiger partial charge in [0.25, 0.3) is 0 Å². The van der Waals surface area contributed by atoms with Crippen molar-refractivity contribution >= 4 is 26.7 Å². The zero-order valence-corrected chi connectivity index (χ0v) is 12.7. The Kier molecular flexibility index (Phi) is 4.28. The van der Waals surface area contributed by atoms with Crippen LogP contribution in [0.5, 0.6) is 5.75 Å². The highest BCUT2D eigenvalue weighted by Crippen LogP contribution is 2.37. The zero-order chi connectivity index (χ0) is 13.1. The van der Waals surface area contributed by atoms with Gasteiger partial charge in [0.1, 0.15) is 5.75 Å². The quantitative estimate of drug-likeness (QED) is 0.694. The van der Waals surface area contributed by atoms with Crippen LogP contribution in [0.25, 0.3) is 10.8 Å². The summed E-state index contributed by atoms with van der Waals surface area (Å²) in [6.45, 7) is 4.50. The molecule has 2 heteroatoms. The Morgan fingerprint density at radius 1 is 1.06 bits per heavy atom. The predicted molar refractivity (Wildman–Crippen MR) is 81.6 cm³/mol. The lowest BCUT2D eigenvalue weighted by Gasteiger charge is -2.16. The molecular formula is C16H19BrO. The molecule has 0 bridgehead atoms. The molecule has 0 aliphatic heterocycles. The molecule has 2 rings (SSSR count). The number of alkyl halides is 1. The van der Waals surface area contributed by atoms with Gasteiger partial charge in [-0.2, -0.15) is 0 Å². The third kappa shape index (κ3) is 2.69. The summed E-state index contributed by atoms with van der Waals surface area (Å²) in [5.41, 5.74) is 1.35. The van der Waals surface area contributed by atoms with Crippen molar-refractivity contribution in [1.82, 2.24) is 0 Å². The summed E-state index contributed by atoms with van der Waals surface area (Å²) in [7, 11) is 1.72. The monoisotopic (exact) mass is 306 g/mol. The van der Waals surface area contributed by atoms with E-state index < -0.39 is 0 Å². The van der Waals surface area contributed by atoms with Crippen LogP contribution in [0.2, 0.25) is 0 Å². The van der Waals surface area contributed by atoms with Crippen LogP contribution in [0.4, 0.5) is 0 Å². The average molecular weight is 307 g/mol. The maximum Gasteiger partial charge on any atom is 0.126 e. The third-order valence-corrected chi connectivity index (χ3v) is 4.02. The number of halogens is 1. The molecule has 0 amide bonds. The molecule has 1 nitrogen and oxygen atoms in total. The molecule has 0 fully saturated rings. The smallest absolute Gasteiger partial charge is 0.126 e. The van der Waals surface area contributed by atoms with Crippen LogP contribution in [-0.2, 0) is 0 Å². The van der Waals surface area contributed by atoms with Gasteiger partial charge in [0, 0.05) is 10.2 Å². The van der Waals surface area contributed by atoms with Crippen molar-refractivity contribution in [3.8, 4) is 5.75 Å². The van der Waals surface area contributed by atoms with Gasteiger partial charge in [-0.1, -0.05) is 60.1 Å².